The van der Waals surface area contributed by atoms with Gasteiger partial charge in [-0.2, -0.15) is 0 Å². The third kappa shape index (κ3) is 8.75. The number of halogens is 2. The van der Waals surface area contributed by atoms with Crippen LogP contribution in [-0.4, -0.2) is 129 Å². The van der Waals surface area contributed by atoms with Crippen LogP contribution >= 0.6 is 0 Å². The second kappa shape index (κ2) is 17.9. The van der Waals surface area contributed by atoms with Crippen molar-refractivity contribution in [3.05, 3.63) is 59.2 Å². The van der Waals surface area contributed by atoms with E-state index in [0.29, 0.717) is 46.0 Å². The number of fused-ring (bicyclic) bond motifs is 2. The molecule has 58 heavy (non-hydrogen) atoms. The molecule has 8 N–H and O–H groups in total. The molecule has 0 unspecified atom stereocenters. The molecule has 2 saturated heterocycles. The minimum atomic E-state index is -0.817. The van der Waals surface area contributed by atoms with E-state index in [-0.39, 0.29) is 62.4 Å². The molecule has 14 nitrogen and oxygen atoms in total. The van der Waals surface area contributed by atoms with Gasteiger partial charge in [-0.05, 0) is 114 Å². The van der Waals surface area contributed by atoms with Gasteiger partial charge in [-0.1, -0.05) is 13.8 Å². The predicted molar refractivity (Wildman–Crippen MR) is 217 cm³/mol. The Morgan fingerprint density at radius 2 is 1.09 bits per heavy atom. The minimum Gasteiger partial charge on any atom is -0.391 e. The van der Waals surface area contributed by atoms with E-state index in [0.717, 1.165) is 11.1 Å². The van der Waals surface area contributed by atoms with Gasteiger partial charge in [-0.15, -0.1) is 0 Å². The van der Waals surface area contributed by atoms with Gasteiger partial charge in [-0.25, -0.2) is 8.78 Å². The summed E-state index contributed by atoms with van der Waals surface area (Å²) in [6.07, 6.45) is 0.0738. The Bertz CT molecular complexity index is 2010. The molecule has 2 aliphatic rings. The number of aliphatic hydroxyl groups excluding tert-OH is 2. The van der Waals surface area contributed by atoms with Gasteiger partial charge >= 0.3 is 0 Å². The number of likely N-dealkylation sites (N-methyl/N-ethyl adjacent to an activating group) is 2. The van der Waals surface area contributed by atoms with Crippen molar-refractivity contribution in [3.8, 4) is 11.4 Å². The van der Waals surface area contributed by atoms with Crippen molar-refractivity contribution < 1.29 is 38.2 Å². The molecule has 0 radical (unpaired) electrons. The van der Waals surface area contributed by atoms with Crippen LogP contribution in [0.3, 0.4) is 0 Å². The Balaban J connectivity index is 1.40. The SMILES string of the molecule is CC[C@H](NC(=O)[C@H](C)NC)C(=O)N1C[C@@H](O)C[C@H]1Cc1c(-c2[nH]c3cc(F)ccc3c2C[C@@H]2C[C@H](O)CN2C(=O)[C@@H](CC)NC(=O)[C@H](C)NC)[nH]c2cc(F)ccc12. The fourth-order valence-electron chi connectivity index (χ4n) is 8.42. The van der Waals surface area contributed by atoms with Crippen LogP contribution in [0.15, 0.2) is 36.4 Å². The number of rotatable bonds is 15. The maximum Gasteiger partial charge on any atom is 0.245 e. The second-order valence-electron chi connectivity index (χ2n) is 15.8. The highest BCUT2D eigenvalue weighted by molar-refractivity contribution is 5.97. The molecule has 314 valence electrons. The first-order valence-electron chi connectivity index (χ1n) is 20.2. The number of likely N-dealkylation sites (tertiary alicyclic amines) is 2. The van der Waals surface area contributed by atoms with Crippen molar-refractivity contribution in [1.82, 2.24) is 41.0 Å². The summed E-state index contributed by atoms with van der Waals surface area (Å²) >= 11 is 0. The smallest absolute Gasteiger partial charge is 0.245 e. The third-order valence-corrected chi connectivity index (χ3v) is 11.9. The molecule has 2 aliphatic heterocycles. The Kier molecular flexibility index (Phi) is 13.2. The summed E-state index contributed by atoms with van der Waals surface area (Å²) < 4.78 is 29.6. The maximum absolute atomic E-state index is 14.8. The number of amides is 4. The van der Waals surface area contributed by atoms with Gasteiger partial charge in [0, 0.05) is 47.0 Å². The number of benzene rings is 2. The Morgan fingerprint density at radius 3 is 1.43 bits per heavy atom. The highest BCUT2D eigenvalue weighted by Crippen LogP contribution is 2.40. The van der Waals surface area contributed by atoms with E-state index < -0.39 is 60.1 Å². The van der Waals surface area contributed by atoms with Gasteiger partial charge in [0.2, 0.25) is 23.6 Å². The lowest BCUT2D eigenvalue weighted by Crippen LogP contribution is -2.53. The first-order chi connectivity index (χ1) is 27.7. The standard InChI is InChI=1S/C42H56F2N8O6/c1-7-33(49-39(55)21(3)45-5)41(57)51-19-27(53)15-25(51)17-31-29-11-9-23(43)13-35(29)47-37(31)38-32(30-12-10-24(44)14-36(30)48-38)18-26-16-28(54)20-52(26)42(58)34(8-2)50-40(56)22(4)46-6/h9-14,21-22,25-28,33-34,45-48,53-54H,7-8,15-20H2,1-6H3,(H,49,55)(H,50,56)/t21-,22-,25-,26-,27-,28-,33-,34+/m0/s1. The Labute approximate surface area is 336 Å². The number of nitrogens with one attached hydrogen (secondary N) is 6. The van der Waals surface area contributed by atoms with Gasteiger partial charge < -0.3 is 51.2 Å². The number of nitrogens with zero attached hydrogens (tertiary/aromatic N) is 2. The van der Waals surface area contributed by atoms with Crippen molar-refractivity contribution in [2.24, 2.45) is 0 Å². The van der Waals surface area contributed by atoms with Crippen LogP contribution < -0.4 is 21.3 Å². The number of aromatic amines is 2. The quantitative estimate of drug-likeness (QED) is 0.0899. The lowest BCUT2D eigenvalue weighted by molar-refractivity contribution is -0.138. The molecule has 0 bridgehead atoms. The Morgan fingerprint density at radius 1 is 0.707 bits per heavy atom. The van der Waals surface area contributed by atoms with Gasteiger partial charge in [0.05, 0.1) is 35.7 Å². The summed E-state index contributed by atoms with van der Waals surface area (Å²) in [5, 5.41) is 34.7. The molecule has 6 rings (SSSR count). The van der Waals surface area contributed by atoms with Crippen LogP contribution in [0.4, 0.5) is 8.78 Å². The van der Waals surface area contributed by atoms with Gasteiger partial charge in [-0.3, -0.25) is 19.2 Å². The van der Waals surface area contributed by atoms with E-state index in [9.17, 15) is 38.2 Å². The monoisotopic (exact) mass is 806 g/mol. The van der Waals surface area contributed by atoms with E-state index in [1.807, 2.05) is 13.8 Å². The molecule has 0 spiro atoms. The zero-order valence-corrected chi connectivity index (χ0v) is 33.9. The molecule has 8 atom stereocenters. The largest absolute Gasteiger partial charge is 0.391 e. The fraction of sp³-hybridized carbons (Fsp3) is 0.524. The lowest BCUT2D eigenvalue weighted by atomic mass is 9.94. The highest BCUT2D eigenvalue weighted by Gasteiger charge is 2.41. The number of β-amino-alcohol motifs (C(OH)–C–C–N with tert-alkyl or cyclic N) is 2. The van der Waals surface area contributed by atoms with E-state index in [2.05, 4.69) is 31.2 Å². The van der Waals surface area contributed by atoms with Crippen LogP contribution in [-0.2, 0) is 32.0 Å². The molecule has 2 aromatic heterocycles. The number of aliphatic hydroxyl groups is 2. The Hall–Kier alpha value is -4.90. The first kappa shape index (κ1) is 42.7. The lowest BCUT2D eigenvalue weighted by Gasteiger charge is -2.30. The summed E-state index contributed by atoms with van der Waals surface area (Å²) in [5.41, 5.74) is 3.58. The number of hydrogen-bond donors (Lipinski definition) is 8. The molecule has 4 amide bonds. The molecule has 2 fully saturated rings. The summed E-state index contributed by atoms with van der Waals surface area (Å²) in [7, 11) is 3.31. The van der Waals surface area contributed by atoms with E-state index in [4.69, 9.17) is 0 Å². The van der Waals surface area contributed by atoms with Gasteiger partial charge in [0.25, 0.3) is 0 Å². The average molecular weight is 807 g/mol. The van der Waals surface area contributed by atoms with Crippen molar-refractivity contribution >= 4 is 45.4 Å². The fourth-order valence-corrected chi connectivity index (χ4v) is 8.42. The molecule has 0 aliphatic carbocycles. The number of hydrogen-bond acceptors (Lipinski definition) is 8. The van der Waals surface area contributed by atoms with Crippen molar-refractivity contribution in [3.63, 3.8) is 0 Å². The van der Waals surface area contributed by atoms with Crippen LogP contribution in [0.2, 0.25) is 0 Å². The predicted octanol–water partition coefficient (Wildman–Crippen LogP) is 2.61. The summed E-state index contributed by atoms with van der Waals surface area (Å²) in [6.45, 7) is 7.15. The molecular formula is C42H56F2N8O6. The van der Waals surface area contributed by atoms with Crippen molar-refractivity contribution in [2.45, 2.75) is 115 Å². The third-order valence-electron chi connectivity index (χ3n) is 11.9. The van der Waals surface area contributed by atoms with Crippen molar-refractivity contribution in [1.29, 1.82) is 0 Å². The second-order valence-corrected chi connectivity index (χ2v) is 15.8. The zero-order chi connectivity index (χ0) is 42.0. The van der Waals surface area contributed by atoms with Gasteiger partial charge in [0.15, 0.2) is 0 Å². The molecule has 4 heterocycles. The normalized spacial score (nSPS) is 21.7. The molecule has 16 heteroatoms. The van der Waals surface area contributed by atoms with E-state index in [1.54, 1.807) is 49.9 Å². The molecule has 2 aromatic carbocycles. The summed E-state index contributed by atoms with van der Waals surface area (Å²) in [4.78, 5) is 63.7. The van der Waals surface area contributed by atoms with Crippen LogP contribution in [0, 0.1) is 11.6 Å². The highest BCUT2D eigenvalue weighted by atomic mass is 19.1. The number of aromatic nitrogens is 2. The number of carbonyl (C=O) groups excluding carboxylic acids is 4. The van der Waals surface area contributed by atoms with Crippen molar-refractivity contribution in [2.75, 3.05) is 27.2 Å². The first-order valence-corrected chi connectivity index (χ1v) is 20.2. The van der Waals surface area contributed by atoms with E-state index >= 15 is 0 Å². The minimum absolute atomic E-state index is 0.0711. The topological polar surface area (TPSA) is 195 Å². The van der Waals surface area contributed by atoms with Crippen LogP contribution in [0.1, 0.15) is 64.5 Å². The molecule has 0 saturated carbocycles. The maximum atomic E-state index is 14.8. The van der Waals surface area contributed by atoms with E-state index in [1.165, 1.54) is 24.3 Å². The van der Waals surface area contributed by atoms with Crippen LogP contribution in [0.5, 0.6) is 0 Å². The molecular weight excluding hydrogens is 751 g/mol. The van der Waals surface area contributed by atoms with Crippen LogP contribution in [0.25, 0.3) is 33.2 Å². The van der Waals surface area contributed by atoms with Gasteiger partial charge in [0.1, 0.15) is 23.7 Å². The summed E-state index contributed by atoms with van der Waals surface area (Å²) in [5.74, 6) is -2.21. The average Bonchev–Trinajstić information content (AvgIpc) is 3.96. The molecule has 4 aromatic rings. The summed E-state index contributed by atoms with van der Waals surface area (Å²) in [6, 6.07) is 5.13. The zero-order valence-electron chi connectivity index (χ0n) is 33.9. The number of H-pyrrole nitrogens is 2. The number of carbonyl (C=O) groups is 4.